The van der Waals surface area contributed by atoms with Crippen molar-refractivity contribution in [2.45, 2.75) is 166 Å². The summed E-state index contributed by atoms with van der Waals surface area (Å²) in [5, 5.41) is 38.0. The van der Waals surface area contributed by atoms with Gasteiger partial charge >= 0.3 is 12.1 Å². The lowest BCUT2D eigenvalue weighted by Crippen LogP contribution is -2.60. The topological polar surface area (TPSA) is 155 Å². The van der Waals surface area contributed by atoms with Crippen LogP contribution in [0.4, 0.5) is 19.0 Å². The first-order valence-corrected chi connectivity index (χ1v) is 20.2. The van der Waals surface area contributed by atoms with E-state index in [-0.39, 0.29) is 37.3 Å². The van der Waals surface area contributed by atoms with Crippen LogP contribution in [0.3, 0.4) is 0 Å². The number of nitrogens with one attached hydrogen (secondary N) is 1. The third kappa shape index (κ3) is 9.49. The van der Waals surface area contributed by atoms with Crippen molar-refractivity contribution in [1.82, 2.24) is 15.2 Å². The Morgan fingerprint density at radius 1 is 1.09 bits per heavy atom. The number of anilines is 1. The molecule has 0 radical (unpaired) electrons. The van der Waals surface area contributed by atoms with Crippen molar-refractivity contribution >= 4 is 11.8 Å². The smallest absolute Gasteiger partial charge is 0.417 e. The number of fused-ring (bicyclic) bond motifs is 3. The molecule has 4 saturated heterocycles. The summed E-state index contributed by atoms with van der Waals surface area (Å²) in [4.78, 5) is 22.2. The van der Waals surface area contributed by atoms with Gasteiger partial charge in [-0.25, -0.2) is 4.98 Å². The molecule has 2 bridgehead atoms. The van der Waals surface area contributed by atoms with Crippen LogP contribution in [0.1, 0.15) is 93.1 Å². The molecule has 0 amide bonds. The molecule has 1 unspecified atom stereocenters. The van der Waals surface area contributed by atoms with Gasteiger partial charge in [-0.05, 0) is 92.6 Å². The molecule has 320 valence electrons. The van der Waals surface area contributed by atoms with Crippen LogP contribution in [0.2, 0.25) is 0 Å². The number of aromatic nitrogens is 1. The normalized spacial score (nSPS) is 41.9. The molecule has 56 heavy (non-hydrogen) atoms. The van der Waals surface area contributed by atoms with Crippen LogP contribution in [0.15, 0.2) is 18.3 Å². The van der Waals surface area contributed by atoms with E-state index in [9.17, 15) is 33.3 Å². The number of aliphatic hydroxyl groups is 3. The molecule has 14 atom stereocenters. The predicted octanol–water partition coefficient (Wildman–Crippen LogP) is 4.11. The summed E-state index contributed by atoms with van der Waals surface area (Å²) in [5.74, 6) is -3.06. The molecule has 5 rings (SSSR count). The molecule has 4 aliphatic heterocycles. The van der Waals surface area contributed by atoms with Gasteiger partial charge in [-0.2, -0.15) is 13.2 Å². The van der Waals surface area contributed by atoms with E-state index in [1.807, 2.05) is 51.6 Å². The van der Waals surface area contributed by atoms with Gasteiger partial charge in [0.1, 0.15) is 29.7 Å². The fraction of sp³-hybridized carbons (Fsp3) is 0.850. The first-order chi connectivity index (χ1) is 26.0. The van der Waals surface area contributed by atoms with E-state index >= 15 is 0 Å². The minimum atomic E-state index is -4.51. The van der Waals surface area contributed by atoms with Crippen LogP contribution in [0.5, 0.6) is 0 Å². The minimum Gasteiger partial charge on any atom is -0.459 e. The third-order valence-corrected chi connectivity index (χ3v) is 12.6. The summed E-state index contributed by atoms with van der Waals surface area (Å²) < 4.78 is 73.6. The standard InChI is InChI=1S/C40H65F3N4O9/c1-11-29-38(8,51)33(49)26(6)44-20-22(2)19-37(7)34(54-36-31(48)28(46(9)10)18-23(3)52-36)24(4)32(25(5)35(50)53-29)55-39(56-37)14-16-47(17-15-39)30-13-12-27(21-45-30)40(41,42)43/h12-13,21-26,28-29,31-34,36,44,48-49,51H,11,14-20H2,1-10H3/t22-,23-,24+,25-,26-,28?,29-,31-,32+,33-,34-,36+,37-,38-/m1/s1. The first kappa shape index (κ1) is 44.9. The maximum Gasteiger partial charge on any atom is 0.417 e. The number of carbonyl (C=O) groups is 1. The number of hydrogen-bond acceptors (Lipinski definition) is 13. The van der Waals surface area contributed by atoms with E-state index in [1.54, 1.807) is 20.8 Å². The van der Waals surface area contributed by atoms with Crippen molar-refractivity contribution in [2.24, 2.45) is 17.8 Å². The Hall–Kier alpha value is -2.15. The van der Waals surface area contributed by atoms with Gasteiger partial charge in [0.2, 0.25) is 0 Å². The Morgan fingerprint density at radius 2 is 1.75 bits per heavy atom. The Labute approximate surface area is 329 Å². The second kappa shape index (κ2) is 17.2. The largest absolute Gasteiger partial charge is 0.459 e. The van der Waals surface area contributed by atoms with Crippen LogP contribution in [-0.2, 0) is 34.7 Å². The molecular formula is C40H65F3N4O9. The van der Waals surface area contributed by atoms with E-state index in [4.69, 9.17) is 23.7 Å². The summed E-state index contributed by atoms with van der Waals surface area (Å²) >= 11 is 0. The Kier molecular flexibility index (Phi) is 13.8. The second-order valence-electron chi connectivity index (χ2n) is 17.6. The molecule has 1 aromatic rings. The van der Waals surface area contributed by atoms with Gasteiger partial charge in [0, 0.05) is 50.1 Å². The molecule has 13 nitrogen and oxygen atoms in total. The van der Waals surface area contributed by atoms with Crippen molar-refractivity contribution in [3.05, 3.63) is 23.9 Å². The first-order valence-electron chi connectivity index (χ1n) is 20.2. The Morgan fingerprint density at radius 3 is 2.32 bits per heavy atom. The van der Waals surface area contributed by atoms with E-state index in [0.717, 1.165) is 12.3 Å². The minimum absolute atomic E-state index is 0.0871. The number of piperidine rings is 1. The number of alkyl halides is 3. The van der Waals surface area contributed by atoms with Gasteiger partial charge < -0.3 is 54.1 Å². The lowest BCUT2D eigenvalue weighted by Gasteiger charge is -2.49. The van der Waals surface area contributed by atoms with Gasteiger partial charge in [0.05, 0.1) is 35.4 Å². The predicted molar refractivity (Wildman–Crippen MR) is 201 cm³/mol. The molecule has 0 aromatic carbocycles. The zero-order chi connectivity index (χ0) is 41.5. The highest BCUT2D eigenvalue weighted by molar-refractivity contribution is 5.73. The van der Waals surface area contributed by atoms with Crippen LogP contribution in [0.25, 0.3) is 0 Å². The number of aliphatic hydroxyl groups excluding tert-OH is 2. The van der Waals surface area contributed by atoms with Crippen molar-refractivity contribution in [2.75, 3.05) is 38.6 Å². The van der Waals surface area contributed by atoms with Gasteiger partial charge in [0.15, 0.2) is 12.1 Å². The van der Waals surface area contributed by atoms with E-state index in [2.05, 4.69) is 10.3 Å². The number of nitrogens with zero attached hydrogens (tertiary/aromatic N) is 3. The molecule has 5 heterocycles. The molecule has 0 aliphatic carbocycles. The number of rotatable bonds is 5. The molecule has 0 saturated carbocycles. The molecule has 16 heteroatoms. The zero-order valence-corrected chi connectivity index (χ0v) is 34.6. The maximum atomic E-state index is 14.2. The van der Waals surface area contributed by atoms with Gasteiger partial charge in [-0.1, -0.05) is 20.8 Å². The van der Waals surface area contributed by atoms with Crippen LogP contribution >= 0.6 is 0 Å². The lowest BCUT2D eigenvalue weighted by molar-refractivity contribution is -0.327. The average molecular weight is 803 g/mol. The van der Waals surface area contributed by atoms with E-state index in [0.29, 0.717) is 38.3 Å². The maximum absolute atomic E-state index is 14.2. The average Bonchev–Trinajstić information content (AvgIpc) is 3.21. The number of ether oxygens (including phenoxy) is 5. The van der Waals surface area contributed by atoms with Crippen LogP contribution < -0.4 is 10.2 Å². The Balaban J connectivity index is 1.57. The van der Waals surface area contributed by atoms with Crippen LogP contribution in [0, 0.1) is 17.8 Å². The molecule has 4 fully saturated rings. The fourth-order valence-electron chi connectivity index (χ4n) is 9.37. The number of esters is 1. The van der Waals surface area contributed by atoms with Gasteiger partial charge in [-0.3, -0.25) is 4.79 Å². The number of hydrogen-bond donors (Lipinski definition) is 4. The second-order valence-corrected chi connectivity index (χ2v) is 17.6. The molecular weight excluding hydrogens is 737 g/mol. The van der Waals surface area contributed by atoms with Crippen molar-refractivity contribution < 1.29 is 57.0 Å². The summed E-state index contributed by atoms with van der Waals surface area (Å²) in [6.07, 6.45) is -8.08. The molecule has 1 spiro atoms. The number of carbonyl (C=O) groups excluding carboxylic acids is 1. The molecule has 1 aromatic heterocycles. The summed E-state index contributed by atoms with van der Waals surface area (Å²) in [6, 6.07) is 1.56. The highest BCUT2D eigenvalue weighted by atomic mass is 19.4. The van der Waals surface area contributed by atoms with E-state index < -0.39 is 89.4 Å². The van der Waals surface area contributed by atoms with Crippen molar-refractivity contribution in [1.29, 1.82) is 0 Å². The number of pyridine rings is 1. The van der Waals surface area contributed by atoms with Crippen molar-refractivity contribution in [3.63, 3.8) is 0 Å². The van der Waals surface area contributed by atoms with Gasteiger partial charge in [0.25, 0.3) is 0 Å². The fourth-order valence-corrected chi connectivity index (χ4v) is 9.37. The highest BCUT2D eigenvalue weighted by Crippen LogP contribution is 2.48. The van der Waals surface area contributed by atoms with Crippen LogP contribution in [-0.4, -0.2) is 137 Å². The number of halogens is 3. The third-order valence-electron chi connectivity index (χ3n) is 12.6. The monoisotopic (exact) mass is 802 g/mol. The van der Waals surface area contributed by atoms with E-state index in [1.165, 1.54) is 13.0 Å². The quantitative estimate of drug-likeness (QED) is 0.316. The number of cyclic esters (lactones) is 1. The van der Waals surface area contributed by atoms with Crippen molar-refractivity contribution in [3.8, 4) is 0 Å². The van der Waals surface area contributed by atoms with Gasteiger partial charge in [-0.15, -0.1) is 0 Å². The number of likely N-dealkylation sites (N-methyl/N-ethyl adjacent to an activating group) is 1. The SMILES string of the molecule is CC[C@H]1OC(=O)[C@H](C)[C@H]2OC3(CCN(c4ccc(C(F)(F)F)cn4)CC3)O[C@](C)(C[C@@H](C)CN[C@H](C)[C@@H](O)[C@]1(C)O)[C@H](O[C@@H]1O[C@H](C)CC(N(C)C)[C@H]1O)[C@H]2C. The molecule has 4 aliphatic rings. The summed E-state index contributed by atoms with van der Waals surface area (Å²) in [5.41, 5.74) is -3.72. The summed E-state index contributed by atoms with van der Waals surface area (Å²) in [6.45, 7) is 15.7. The summed E-state index contributed by atoms with van der Waals surface area (Å²) in [7, 11) is 3.80. The lowest BCUT2D eigenvalue weighted by atomic mass is 9.78. The Bertz CT molecular complexity index is 1460. The molecule has 4 N–H and O–H groups in total. The zero-order valence-electron chi connectivity index (χ0n) is 34.6. The highest BCUT2D eigenvalue weighted by Gasteiger charge is 2.58.